The summed E-state index contributed by atoms with van der Waals surface area (Å²) in [5.74, 6) is 1.66. The second-order valence-corrected chi connectivity index (χ2v) is 4.60. The smallest absolute Gasteiger partial charge is 0.312 e. The Balaban J connectivity index is 3.28. The molecule has 0 aromatic carbocycles. The average molecular weight is 223 g/mol. The number of rotatable bonds is 1. The molecule has 2 amide bonds. The summed E-state index contributed by atoms with van der Waals surface area (Å²) >= 11 is 0. The highest BCUT2D eigenvalue weighted by Gasteiger charge is 2.34. The fourth-order valence-corrected chi connectivity index (χ4v) is 1.99. The molecule has 90 valence electrons. The molecular weight excluding hydrogens is 202 g/mol. The van der Waals surface area contributed by atoms with Crippen molar-refractivity contribution >= 4 is 6.03 Å². The van der Waals surface area contributed by atoms with Gasteiger partial charge in [0.1, 0.15) is 11.6 Å². The van der Waals surface area contributed by atoms with E-state index in [0.717, 1.165) is 17.2 Å². The Hall–Kier alpha value is -1.45. The molecule has 0 saturated carbocycles. The highest BCUT2D eigenvalue weighted by atomic mass is 16.2. The van der Waals surface area contributed by atoms with Gasteiger partial charge in [-0.2, -0.15) is 0 Å². The maximum absolute atomic E-state index is 11.9. The van der Waals surface area contributed by atoms with E-state index in [4.69, 9.17) is 0 Å². The topological polar surface area (TPSA) is 26.8 Å². The summed E-state index contributed by atoms with van der Waals surface area (Å²) in [6, 6.07) is 0.230. The number of hydrogen-bond acceptors (Lipinski definition) is 2. The van der Waals surface area contributed by atoms with Crippen molar-refractivity contribution in [1.82, 2.24) is 14.7 Å². The van der Waals surface area contributed by atoms with Crippen LogP contribution < -0.4 is 0 Å². The van der Waals surface area contributed by atoms with Crippen molar-refractivity contribution in [2.45, 2.75) is 33.7 Å². The van der Waals surface area contributed by atoms with E-state index in [1.807, 2.05) is 13.8 Å². The molecular formula is C12H21N3O. The maximum atomic E-state index is 11.9. The standard InChI is InChI=1S/C12H21N3O/c1-8(2)11-14(7)12(16)13(6)10(5)15(11)9(3)4/h9H,5H2,1-4,6-7H3. The van der Waals surface area contributed by atoms with Gasteiger partial charge in [0.15, 0.2) is 0 Å². The number of allylic oxidation sites excluding steroid dienone is 1. The molecule has 0 atom stereocenters. The number of amides is 2. The molecule has 0 spiro atoms. The zero-order valence-corrected chi connectivity index (χ0v) is 11.0. The molecule has 1 saturated heterocycles. The molecule has 1 fully saturated rings. The Morgan fingerprint density at radius 2 is 1.69 bits per heavy atom. The predicted molar refractivity (Wildman–Crippen MR) is 65.4 cm³/mol. The predicted octanol–water partition coefficient (Wildman–Crippen LogP) is 2.42. The third kappa shape index (κ3) is 1.79. The third-order valence-electron chi connectivity index (χ3n) is 2.75. The minimum absolute atomic E-state index is 0.0434. The number of carbonyl (C=O) groups is 1. The molecule has 0 aromatic rings. The zero-order valence-electron chi connectivity index (χ0n) is 11.0. The largest absolute Gasteiger partial charge is 0.330 e. The Morgan fingerprint density at radius 3 is 2.06 bits per heavy atom. The summed E-state index contributed by atoms with van der Waals surface area (Å²) in [7, 11) is 3.54. The van der Waals surface area contributed by atoms with Gasteiger partial charge in [-0.15, -0.1) is 0 Å². The summed E-state index contributed by atoms with van der Waals surface area (Å²) in [6.45, 7) is 12.2. The van der Waals surface area contributed by atoms with Gasteiger partial charge in [-0.3, -0.25) is 9.80 Å². The highest BCUT2D eigenvalue weighted by molar-refractivity contribution is 5.79. The Morgan fingerprint density at radius 1 is 1.19 bits per heavy atom. The van der Waals surface area contributed by atoms with Crippen molar-refractivity contribution in [1.29, 1.82) is 0 Å². The second-order valence-electron chi connectivity index (χ2n) is 4.60. The Kier molecular flexibility index (Phi) is 3.31. The van der Waals surface area contributed by atoms with E-state index in [0.29, 0.717) is 0 Å². The van der Waals surface area contributed by atoms with Crippen LogP contribution in [-0.4, -0.2) is 40.9 Å². The molecule has 4 heteroatoms. The Labute approximate surface area is 97.8 Å². The van der Waals surface area contributed by atoms with E-state index in [2.05, 4.69) is 25.3 Å². The second kappa shape index (κ2) is 4.20. The first-order valence-corrected chi connectivity index (χ1v) is 5.46. The molecule has 0 N–H and O–H groups in total. The number of hydrogen-bond donors (Lipinski definition) is 0. The zero-order chi connectivity index (χ0) is 12.6. The van der Waals surface area contributed by atoms with Gasteiger partial charge < -0.3 is 4.90 Å². The van der Waals surface area contributed by atoms with Crippen molar-refractivity contribution in [3.63, 3.8) is 0 Å². The minimum Gasteiger partial charge on any atom is -0.312 e. The normalized spacial score (nSPS) is 17.7. The lowest BCUT2D eigenvalue weighted by atomic mass is 10.2. The van der Waals surface area contributed by atoms with Gasteiger partial charge in [-0.05, 0) is 33.3 Å². The lowest BCUT2D eigenvalue weighted by Crippen LogP contribution is -2.53. The minimum atomic E-state index is -0.0434. The van der Waals surface area contributed by atoms with Crippen LogP contribution in [0.25, 0.3) is 0 Å². The first kappa shape index (κ1) is 12.6. The summed E-state index contributed by atoms with van der Waals surface area (Å²) < 4.78 is 0. The molecule has 1 aliphatic heterocycles. The van der Waals surface area contributed by atoms with Crippen LogP contribution in [0, 0.1) is 0 Å². The average Bonchev–Trinajstić information content (AvgIpc) is 2.18. The van der Waals surface area contributed by atoms with Crippen molar-refractivity contribution in [3.8, 4) is 0 Å². The van der Waals surface area contributed by atoms with E-state index in [1.54, 1.807) is 23.9 Å². The molecule has 0 bridgehead atoms. The van der Waals surface area contributed by atoms with Crippen LogP contribution in [0.15, 0.2) is 23.8 Å². The van der Waals surface area contributed by atoms with Crippen LogP contribution in [-0.2, 0) is 0 Å². The highest BCUT2D eigenvalue weighted by Crippen LogP contribution is 2.29. The van der Waals surface area contributed by atoms with Crippen molar-refractivity contribution in [2.75, 3.05) is 14.1 Å². The molecule has 0 unspecified atom stereocenters. The maximum Gasteiger partial charge on any atom is 0.330 e. The molecule has 1 rings (SSSR count). The van der Waals surface area contributed by atoms with Crippen LogP contribution >= 0.6 is 0 Å². The molecule has 1 heterocycles. The van der Waals surface area contributed by atoms with Gasteiger partial charge in [-0.1, -0.05) is 6.58 Å². The molecule has 0 aromatic heterocycles. The lowest BCUT2D eigenvalue weighted by molar-refractivity contribution is 0.123. The van der Waals surface area contributed by atoms with Crippen LogP contribution in [0.3, 0.4) is 0 Å². The van der Waals surface area contributed by atoms with Crippen LogP contribution in [0.5, 0.6) is 0 Å². The van der Waals surface area contributed by atoms with Crippen molar-refractivity contribution < 1.29 is 4.79 Å². The fraction of sp³-hybridized carbons (Fsp3) is 0.583. The fourth-order valence-electron chi connectivity index (χ4n) is 1.99. The van der Waals surface area contributed by atoms with Crippen LogP contribution in [0.4, 0.5) is 4.79 Å². The molecule has 4 nitrogen and oxygen atoms in total. The van der Waals surface area contributed by atoms with Gasteiger partial charge in [0.05, 0.1) is 0 Å². The van der Waals surface area contributed by atoms with E-state index in [1.165, 1.54) is 0 Å². The van der Waals surface area contributed by atoms with Crippen molar-refractivity contribution in [3.05, 3.63) is 23.8 Å². The molecule has 0 aliphatic carbocycles. The third-order valence-corrected chi connectivity index (χ3v) is 2.75. The number of carbonyl (C=O) groups excluding carboxylic acids is 1. The number of urea groups is 1. The summed E-state index contributed by atoms with van der Waals surface area (Å²) in [4.78, 5) is 17.3. The lowest BCUT2D eigenvalue weighted by Gasteiger charge is -2.46. The van der Waals surface area contributed by atoms with Gasteiger partial charge in [0, 0.05) is 20.1 Å². The monoisotopic (exact) mass is 223 g/mol. The van der Waals surface area contributed by atoms with Gasteiger partial charge in [0.2, 0.25) is 0 Å². The molecule has 1 aliphatic rings. The van der Waals surface area contributed by atoms with Gasteiger partial charge in [0.25, 0.3) is 0 Å². The first-order valence-electron chi connectivity index (χ1n) is 5.46. The summed E-state index contributed by atoms with van der Waals surface area (Å²) in [5.41, 5.74) is 1.11. The SMILES string of the molecule is C=C1N(C)C(=O)N(C)C(=C(C)C)N1C(C)C. The van der Waals surface area contributed by atoms with Gasteiger partial charge >= 0.3 is 6.03 Å². The van der Waals surface area contributed by atoms with E-state index >= 15 is 0 Å². The van der Waals surface area contributed by atoms with Crippen LogP contribution in [0.1, 0.15) is 27.7 Å². The molecule has 16 heavy (non-hydrogen) atoms. The number of nitrogens with zero attached hydrogens (tertiary/aromatic N) is 3. The van der Waals surface area contributed by atoms with Crippen LogP contribution in [0.2, 0.25) is 0 Å². The quantitative estimate of drug-likeness (QED) is 0.682. The first-order chi connectivity index (χ1) is 7.29. The Bertz CT molecular complexity index is 353. The molecule has 0 radical (unpaired) electrons. The summed E-state index contributed by atoms with van der Waals surface area (Å²) in [6.07, 6.45) is 0. The summed E-state index contributed by atoms with van der Waals surface area (Å²) in [5, 5.41) is 0. The van der Waals surface area contributed by atoms with Crippen molar-refractivity contribution in [2.24, 2.45) is 0 Å². The van der Waals surface area contributed by atoms with Gasteiger partial charge in [-0.25, -0.2) is 4.79 Å². The van der Waals surface area contributed by atoms with E-state index < -0.39 is 0 Å². The van der Waals surface area contributed by atoms with E-state index in [-0.39, 0.29) is 12.1 Å². The van der Waals surface area contributed by atoms with E-state index in [9.17, 15) is 4.79 Å².